The van der Waals surface area contributed by atoms with Crippen molar-refractivity contribution in [1.29, 1.82) is 0 Å². The van der Waals surface area contributed by atoms with Crippen LogP contribution in [0.25, 0.3) is 15.6 Å². The molecule has 0 radical (unpaired) electrons. The number of hydrogen-bond donors (Lipinski definition) is 0. The molecule has 0 bridgehead atoms. The van der Waals surface area contributed by atoms with Gasteiger partial charge < -0.3 is 23.0 Å². The summed E-state index contributed by atoms with van der Waals surface area (Å²) in [6.07, 6.45) is 11.5. The average molecular weight is 583 g/mol. The van der Waals surface area contributed by atoms with Gasteiger partial charge in [0, 0.05) is 12.1 Å². The first-order valence-electron chi connectivity index (χ1n) is 15.1. The predicted molar refractivity (Wildman–Crippen MR) is 170 cm³/mol. The van der Waals surface area contributed by atoms with Gasteiger partial charge in [0.05, 0.1) is 0 Å². The predicted octanol–water partition coefficient (Wildman–Crippen LogP) is 9.39. The van der Waals surface area contributed by atoms with Crippen LogP contribution in [0.5, 0.6) is 0 Å². The van der Waals surface area contributed by atoms with Gasteiger partial charge in [0.15, 0.2) is 0 Å². The molecule has 8 unspecified atom stereocenters. The van der Waals surface area contributed by atoms with Crippen LogP contribution in [0.15, 0.2) is 0 Å². The summed E-state index contributed by atoms with van der Waals surface area (Å²) in [7, 11) is 7.79. The van der Waals surface area contributed by atoms with Crippen molar-refractivity contribution in [3.8, 4) is 0 Å². The van der Waals surface area contributed by atoms with Crippen LogP contribution in [-0.4, -0.2) is 66.0 Å². The largest absolute Gasteiger partial charge is 4.00 e. The Bertz CT molecular complexity index is 662. The maximum Gasteiger partial charge on any atom is 4.00 e. The van der Waals surface area contributed by atoms with Crippen LogP contribution >= 0.6 is 0 Å². The zero-order chi connectivity index (χ0) is 27.5. The van der Waals surface area contributed by atoms with Crippen LogP contribution in [0, 0.1) is 42.4 Å². The molecule has 38 heavy (non-hydrogen) atoms. The SMILES string of the molecule is CC1CCC2C(C1)C1C(C3CCCCC3C1[Si](C)(C)[N-]C(C)(C)CC(C)(C)C)N2C.C[N-]C.C[N-]C.[CH3-].[Ti+4]. The minimum absolute atomic E-state index is 0. The minimum Gasteiger partial charge on any atom is -0.668 e. The fraction of sp³-hybridized carbons (Fsp3) is 0.969. The zero-order valence-corrected chi connectivity index (χ0v) is 30.6. The van der Waals surface area contributed by atoms with E-state index in [0.29, 0.717) is 5.41 Å². The molecule has 3 aliphatic carbocycles. The molecule has 0 aromatic rings. The van der Waals surface area contributed by atoms with E-state index < -0.39 is 8.24 Å². The molecular weight excluding hydrogens is 516 g/mol. The summed E-state index contributed by atoms with van der Waals surface area (Å²) >= 11 is 0. The summed E-state index contributed by atoms with van der Waals surface area (Å²) < 4.78 is 0. The van der Waals surface area contributed by atoms with Gasteiger partial charge >= 0.3 is 21.7 Å². The quantitative estimate of drug-likeness (QED) is 0.241. The van der Waals surface area contributed by atoms with E-state index in [4.69, 9.17) is 4.98 Å². The first-order chi connectivity index (χ1) is 16.6. The molecule has 8 atom stereocenters. The third kappa shape index (κ3) is 9.39. The van der Waals surface area contributed by atoms with Crippen LogP contribution in [0.4, 0.5) is 0 Å². The van der Waals surface area contributed by atoms with Crippen LogP contribution in [0.2, 0.25) is 18.6 Å². The Morgan fingerprint density at radius 3 is 1.82 bits per heavy atom. The van der Waals surface area contributed by atoms with Gasteiger partial charge in [0.25, 0.3) is 0 Å². The Morgan fingerprint density at radius 2 is 1.32 bits per heavy atom. The van der Waals surface area contributed by atoms with Gasteiger partial charge in [-0.1, -0.05) is 94.1 Å². The molecule has 3 saturated carbocycles. The van der Waals surface area contributed by atoms with E-state index >= 15 is 0 Å². The summed E-state index contributed by atoms with van der Waals surface area (Å²) in [4.78, 5) is 8.79. The Morgan fingerprint density at radius 1 is 0.816 bits per heavy atom. The fourth-order valence-corrected chi connectivity index (χ4v) is 14.3. The smallest absolute Gasteiger partial charge is 0.668 e. The number of hydrogen-bond acceptors (Lipinski definition) is 1. The van der Waals surface area contributed by atoms with Crippen molar-refractivity contribution < 1.29 is 21.7 Å². The van der Waals surface area contributed by atoms with Gasteiger partial charge in [-0.05, 0) is 67.7 Å². The Kier molecular flexibility index (Phi) is 16.2. The van der Waals surface area contributed by atoms with Crippen molar-refractivity contribution in [1.82, 2.24) is 4.90 Å². The van der Waals surface area contributed by atoms with E-state index in [1.165, 1.54) is 51.4 Å². The molecule has 1 heterocycles. The standard InChI is InChI=1S/C27H51N2Si.2C2H6N.CH3.Ti/c1-18-14-15-22-21(16-18)23-24(29(22)7)19-12-10-11-13-20(19)25(23)30(8,9)28-27(5,6)17-26(2,3)4;2*1-3-2;;/h18-25H,10-17H2,1-9H3;2*1-2H3;1H3;/q4*-1;+4. The molecule has 222 valence electrons. The Hall–Kier alpha value is 0.771. The van der Waals surface area contributed by atoms with E-state index in [0.717, 1.165) is 47.2 Å². The van der Waals surface area contributed by atoms with Gasteiger partial charge in [0.2, 0.25) is 0 Å². The minimum atomic E-state index is -1.73. The Labute approximate surface area is 256 Å². The fourth-order valence-electron chi connectivity index (χ4n) is 9.67. The van der Waals surface area contributed by atoms with Gasteiger partial charge in [-0.2, -0.15) is 28.2 Å². The van der Waals surface area contributed by atoms with Crippen molar-refractivity contribution in [2.75, 3.05) is 35.2 Å². The van der Waals surface area contributed by atoms with Crippen molar-refractivity contribution in [2.45, 2.75) is 129 Å². The monoisotopic (exact) mass is 582 g/mol. The first kappa shape index (κ1) is 38.8. The van der Waals surface area contributed by atoms with Gasteiger partial charge in [-0.25, -0.2) is 0 Å². The van der Waals surface area contributed by atoms with Crippen molar-refractivity contribution in [3.05, 3.63) is 23.0 Å². The number of fused-ring (bicyclic) bond motifs is 5. The molecule has 0 spiro atoms. The number of rotatable bonds is 4. The van der Waals surface area contributed by atoms with E-state index in [1.807, 2.05) is 0 Å². The van der Waals surface area contributed by atoms with Gasteiger partial charge in [0.1, 0.15) is 0 Å². The molecule has 0 aromatic carbocycles. The van der Waals surface area contributed by atoms with Crippen molar-refractivity contribution >= 4 is 8.24 Å². The summed E-state index contributed by atoms with van der Waals surface area (Å²) in [6.45, 7) is 19.9. The molecule has 1 saturated heterocycles. The molecule has 4 aliphatic rings. The van der Waals surface area contributed by atoms with Crippen LogP contribution in [0.1, 0.15) is 92.9 Å². The average Bonchev–Trinajstić information content (AvgIpc) is 3.20. The molecule has 0 aromatic heterocycles. The maximum atomic E-state index is 5.86. The van der Waals surface area contributed by atoms with E-state index in [1.54, 1.807) is 28.2 Å². The molecule has 0 amide bonds. The van der Waals surface area contributed by atoms with E-state index in [2.05, 4.69) is 77.2 Å². The van der Waals surface area contributed by atoms with Crippen molar-refractivity contribution in [2.24, 2.45) is 35.0 Å². The van der Waals surface area contributed by atoms with Crippen LogP contribution < -0.4 is 0 Å². The second kappa shape index (κ2) is 15.8. The zero-order valence-electron chi connectivity index (χ0n) is 28.1. The van der Waals surface area contributed by atoms with Crippen LogP contribution in [0.3, 0.4) is 0 Å². The van der Waals surface area contributed by atoms with Gasteiger partial charge in [-0.15, -0.1) is 5.54 Å². The molecule has 4 nitrogen and oxygen atoms in total. The molecule has 4 fully saturated rings. The maximum absolute atomic E-state index is 5.86. The third-order valence-electron chi connectivity index (χ3n) is 9.57. The number of nitrogens with zero attached hydrogens (tertiary/aromatic N) is 4. The molecule has 0 N–H and O–H groups in total. The van der Waals surface area contributed by atoms with E-state index in [9.17, 15) is 0 Å². The summed E-state index contributed by atoms with van der Waals surface area (Å²) in [5.74, 6) is 4.75. The summed E-state index contributed by atoms with van der Waals surface area (Å²) in [5, 5.41) is 7.00. The summed E-state index contributed by atoms with van der Waals surface area (Å²) in [6, 6.07) is 1.74. The molecule has 6 heteroatoms. The van der Waals surface area contributed by atoms with E-state index in [-0.39, 0.29) is 34.7 Å². The normalized spacial score (nSPS) is 34.7. The second-order valence-corrected chi connectivity index (χ2v) is 19.4. The van der Waals surface area contributed by atoms with Gasteiger partial charge in [-0.3, -0.25) is 4.90 Å². The second-order valence-electron chi connectivity index (χ2n) is 15.2. The molecular formula is C32H66N4SiTi. The number of likely N-dealkylation sites (tertiary alicyclic amines) is 1. The summed E-state index contributed by atoms with van der Waals surface area (Å²) in [5.41, 5.74) is 1.37. The Balaban J connectivity index is 0.00000157. The molecule has 4 rings (SSSR count). The first-order valence-corrected chi connectivity index (χ1v) is 18.1. The third-order valence-corrected chi connectivity index (χ3v) is 13.2. The van der Waals surface area contributed by atoms with Crippen molar-refractivity contribution in [3.63, 3.8) is 0 Å². The molecule has 1 aliphatic heterocycles. The van der Waals surface area contributed by atoms with Crippen LogP contribution in [-0.2, 0) is 21.7 Å². The topological polar surface area (TPSA) is 45.5 Å².